The van der Waals surface area contributed by atoms with E-state index < -0.39 is 20.2 Å². The van der Waals surface area contributed by atoms with Crippen molar-refractivity contribution in [2.75, 3.05) is 48.5 Å². The lowest BCUT2D eigenvalue weighted by atomic mass is 10.0. The van der Waals surface area contributed by atoms with Crippen molar-refractivity contribution in [3.8, 4) is 11.1 Å². The molecule has 9 nitrogen and oxygen atoms in total. The van der Waals surface area contributed by atoms with E-state index in [1.54, 1.807) is 48.6 Å². The van der Waals surface area contributed by atoms with Crippen LogP contribution in [0.5, 0.6) is 0 Å². The molecule has 0 amide bonds. The number of hydrogen-bond acceptors (Lipinski definition) is 8. The smallest absolute Gasteiger partial charge is 0.338 e. The van der Waals surface area contributed by atoms with Crippen LogP contribution in [0.25, 0.3) is 29.4 Å². The number of nitrogens with zero attached hydrogens (tertiary/aromatic N) is 1. The first kappa shape index (κ1) is 42.2. The van der Waals surface area contributed by atoms with Crippen molar-refractivity contribution in [1.29, 1.82) is 0 Å². The Bertz CT molecular complexity index is 2160. The number of carbonyl (C=O) groups excluding carboxylic acids is 1. The second-order valence-corrected chi connectivity index (χ2v) is 15.8. The number of rotatable bonds is 15. The summed E-state index contributed by atoms with van der Waals surface area (Å²) in [5.74, 6) is -0.246. The van der Waals surface area contributed by atoms with Gasteiger partial charge in [0.2, 0.25) is 0 Å². The van der Waals surface area contributed by atoms with E-state index in [-0.39, 0.29) is 15.8 Å². The number of quaternary nitrogens is 1. The summed E-state index contributed by atoms with van der Waals surface area (Å²) >= 11 is 0. The van der Waals surface area contributed by atoms with Gasteiger partial charge in [-0.2, -0.15) is 16.8 Å². The Hall–Kier alpha value is -5.17. The number of likely N-dealkylation sites (N-methyl/N-ethyl adjacent to an activating group) is 1. The SMILES string of the molecule is C=CC(/C=C/c1ccc(-c2ccc(/C=C/c3ccccc3S(=O)(=O)OC)cc2)cc1)=C(\C=C)S(=O)(=O)OC.C[N+](C)(C)CCOC(=O)c1ccccc1. The lowest BCUT2D eigenvalue weighted by molar-refractivity contribution is -0.870. The zero-order chi connectivity index (χ0) is 39.1. The van der Waals surface area contributed by atoms with Crippen molar-refractivity contribution in [2.45, 2.75) is 4.90 Å². The van der Waals surface area contributed by atoms with E-state index in [4.69, 9.17) is 4.74 Å². The monoisotopic (exact) mass is 756 g/mol. The summed E-state index contributed by atoms with van der Waals surface area (Å²) in [5.41, 5.74) is 5.31. The van der Waals surface area contributed by atoms with Crippen molar-refractivity contribution in [3.63, 3.8) is 0 Å². The Morgan fingerprint density at radius 1 is 0.679 bits per heavy atom. The molecule has 0 aliphatic heterocycles. The Morgan fingerprint density at radius 3 is 1.74 bits per heavy atom. The van der Waals surface area contributed by atoms with Gasteiger partial charge in [0.15, 0.2) is 0 Å². The lowest BCUT2D eigenvalue weighted by Gasteiger charge is -2.23. The van der Waals surface area contributed by atoms with E-state index in [2.05, 4.69) is 42.7 Å². The van der Waals surface area contributed by atoms with E-state index in [0.29, 0.717) is 23.3 Å². The van der Waals surface area contributed by atoms with Gasteiger partial charge in [-0.1, -0.05) is 128 Å². The number of benzene rings is 4. The fraction of sp³-hybridized carbons (Fsp3) is 0.167. The van der Waals surface area contributed by atoms with Gasteiger partial charge in [0.05, 0.1) is 40.9 Å². The third-order valence-corrected chi connectivity index (χ3v) is 10.4. The quantitative estimate of drug-likeness (QED) is 0.0394. The summed E-state index contributed by atoms with van der Waals surface area (Å²) in [5, 5.41) is 0. The molecular weight excluding hydrogens is 711 g/mol. The number of hydrogen-bond donors (Lipinski definition) is 0. The molecule has 0 bridgehead atoms. The molecule has 0 radical (unpaired) electrons. The van der Waals surface area contributed by atoms with Crippen molar-refractivity contribution < 1.29 is 39.2 Å². The molecule has 0 N–H and O–H groups in total. The van der Waals surface area contributed by atoms with Crippen LogP contribution in [-0.2, 0) is 33.3 Å². The van der Waals surface area contributed by atoms with Gasteiger partial charge in [-0.3, -0.25) is 8.37 Å². The Labute approximate surface area is 314 Å². The molecule has 0 spiro atoms. The first-order valence-corrected chi connectivity index (χ1v) is 19.2. The van der Waals surface area contributed by atoms with Gasteiger partial charge < -0.3 is 9.22 Å². The topological polar surface area (TPSA) is 113 Å². The second kappa shape index (κ2) is 19.6. The molecule has 0 heterocycles. The summed E-state index contributed by atoms with van der Waals surface area (Å²) < 4.78 is 63.6. The number of carbonyl (C=O) groups is 1. The van der Waals surface area contributed by atoms with E-state index in [9.17, 15) is 21.6 Å². The summed E-state index contributed by atoms with van der Waals surface area (Å²) in [6.45, 7) is 8.52. The highest BCUT2D eigenvalue weighted by Gasteiger charge is 2.17. The number of ether oxygens (including phenoxy) is 1. The molecule has 0 saturated carbocycles. The maximum Gasteiger partial charge on any atom is 0.338 e. The molecule has 0 aliphatic carbocycles. The van der Waals surface area contributed by atoms with Gasteiger partial charge in [0.25, 0.3) is 20.2 Å². The highest BCUT2D eigenvalue weighted by Crippen LogP contribution is 2.24. The molecule has 278 valence electrons. The van der Waals surface area contributed by atoms with Crippen LogP contribution >= 0.6 is 0 Å². The summed E-state index contributed by atoms with van der Waals surface area (Å²) in [7, 11) is 0.730. The van der Waals surface area contributed by atoms with Crippen LogP contribution in [0.3, 0.4) is 0 Å². The van der Waals surface area contributed by atoms with Crippen LogP contribution < -0.4 is 0 Å². The first-order valence-electron chi connectivity index (χ1n) is 16.4. The van der Waals surface area contributed by atoms with Crippen molar-refractivity contribution in [1.82, 2.24) is 0 Å². The Balaban J connectivity index is 0.000000421. The molecule has 4 aromatic carbocycles. The molecule has 0 aliphatic rings. The van der Waals surface area contributed by atoms with Crippen LogP contribution in [0, 0.1) is 0 Å². The van der Waals surface area contributed by atoms with Gasteiger partial charge in [0, 0.05) is 0 Å². The van der Waals surface area contributed by atoms with Gasteiger partial charge in [0.1, 0.15) is 23.0 Å². The predicted octanol–water partition coefficient (Wildman–Crippen LogP) is 8.02. The standard InChI is InChI=1S/C30H28O6S2.C12H18NO2/c1-5-25(29(6-2)37(31,32)35-3)17-11-23-12-18-26(19-13-23)27-20-14-24(15-21-27)16-22-28-9-7-8-10-30(28)38(33,34)36-4;1-13(2,3)9-10-15-12(14)11-7-5-4-6-8-11/h5-22H,1-2H2,3-4H3;4-8H,9-10H2,1-3H3/q;+1/b17-11+,22-16+,29-25-;. The fourth-order valence-corrected chi connectivity index (χ4v) is 6.33. The number of esters is 1. The van der Waals surface area contributed by atoms with E-state index >= 15 is 0 Å². The van der Waals surface area contributed by atoms with Gasteiger partial charge >= 0.3 is 5.97 Å². The first-order chi connectivity index (χ1) is 25.1. The zero-order valence-corrected chi connectivity index (χ0v) is 32.3. The van der Waals surface area contributed by atoms with Gasteiger partial charge in [-0.05, 0) is 57.7 Å². The molecule has 11 heteroatoms. The summed E-state index contributed by atoms with van der Waals surface area (Å²) in [6.07, 6.45) is 9.67. The molecular formula is C42H46NO8S2+. The molecule has 53 heavy (non-hydrogen) atoms. The minimum absolute atomic E-state index is 0.0548. The zero-order valence-electron chi connectivity index (χ0n) is 30.6. The summed E-state index contributed by atoms with van der Waals surface area (Å²) in [6, 6.07) is 31.3. The molecule has 0 saturated heterocycles. The molecule has 0 unspecified atom stereocenters. The fourth-order valence-electron chi connectivity index (χ4n) is 4.66. The molecule has 4 aromatic rings. The minimum Gasteiger partial charge on any atom is -0.456 e. The molecule has 0 fully saturated rings. The average Bonchev–Trinajstić information content (AvgIpc) is 3.16. The summed E-state index contributed by atoms with van der Waals surface area (Å²) in [4.78, 5) is 11.6. The Kier molecular flexibility index (Phi) is 15.6. The van der Waals surface area contributed by atoms with Crippen LogP contribution in [0.15, 0.2) is 150 Å². The average molecular weight is 757 g/mol. The normalized spacial score (nSPS) is 12.5. The molecule has 0 atom stereocenters. The lowest BCUT2D eigenvalue weighted by Crippen LogP contribution is -2.38. The van der Waals surface area contributed by atoms with Crippen LogP contribution in [0.1, 0.15) is 27.0 Å². The van der Waals surface area contributed by atoms with E-state index in [0.717, 1.165) is 47.5 Å². The van der Waals surface area contributed by atoms with Crippen LogP contribution in [-0.4, -0.2) is 75.8 Å². The Morgan fingerprint density at radius 2 is 1.23 bits per heavy atom. The van der Waals surface area contributed by atoms with Crippen molar-refractivity contribution in [3.05, 3.63) is 167 Å². The van der Waals surface area contributed by atoms with E-state index in [1.807, 2.05) is 72.8 Å². The molecule has 0 aromatic heterocycles. The third-order valence-electron chi connectivity index (χ3n) is 7.66. The third kappa shape index (κ3) is 13.1. The molecule has 4 rings (SSSR count). The highest BCUT2D eigenvalue weighted by molar-refractivity contribution is 7.91. The van der Waals surface area contributed by atoms with Crippen LogP contribution in [0.4, 0.5) is 0 Å². The maximum atomic E-state index is 12.1. The van der Waals surface area contributed by atoms with Crippen molar-refractivity contribution >= 4 is 44.4 Å². The maximum absolute atomic E-state index is 12.1. The number of allylic oxidation sites excluding steroid dienone is 4. The largest absolute Gasteiger partial charge is 0.456 e. The predicted molar refractivity (Wildman–Crippen MR) is 213 cm³/mol. The van der Waals surface area contributed by atoms with Gasteiger partial charge in [-0.15, -0.1) is 0 Å². The van der Waals surface area contributed by atoms with Crippen LogP contribution in [0.2, 0.25) is 0 Å². The van der Waals surface area contributed by atoms with E-state index in [1.165, 1.54) is 18.2 Å². The highest BCUT2D eigenvalue weighted by atomic mass is 32.2. The minimum atomic E-state index is -3.90. The second-order valence-electron chi connectivity index (χ2n) is 12.4. The van der Waals surface area contributed by atoms with Gasteiger partial charge in [-0.25, -0.2) is 4.79 Å². The van der Waals surface area contributed by atoms with Crippen molar-refractivity contribution in [2.24, 2.45) is 0 Å².